The van der Waals surface area contributed by atoms with Crippen LogP contribution in [0.15, 0.2) is 24.3 Å². The van der Waals surface area contributed by atoms with E-state index >= 15 is 0 Å². The van der Waals surface area contributed by atoms with Gasteiger partial charge in [0.05, 0.1) is 5.52 Å². The molecule has 0 spiro atoms. The number of fused-ring (bicyclic) bond motifs is 1. The summed E-state index contributed by atoms with van der Waals surface area (Å²) in [7, 11) is 1.97. The van der Waals surface area contributed by atoms with Gasteiger partial charge in [-0.1, -0.05) is 38.5 Å². The van der Waals surface area contributed by atoms with Crippen LogP contribution in [0, 0.1) is 0 Å². The number of hydrogen-bond acceptors (Lipinski definition) is 2. The zero-order chi connectivity index (χ0) is 12.3. The first-order valence-corrected chi connectivity index (χ1v) is 6.39. The largest absolute Gasteiger partial charge is 0.388 e. The summed E-state index contributed by atoms with van der Waals surface area (Å²) in [6, 6.07) is 8.62. The van der Waals surface area contributed by atoms with E-state index in [-0.39, 0.29) is 0 Å². The molecule has 90 valence electrons. The highest BCUT2D eigenvalue weighted by atomic mass is 14.8. The summed E-state index contributed by atoms with van der Waals surface area (Å²) in [4.78, 5) is 4.78. The maximum atomic E-state index is 4.78. The Morgan fingerprint density at radius 2 is 2.06 bits per heavy atom. The molecule has 0 saturated carbocycles. The number of benzene rings is 1. The van der Waals surface area contributed by atoms with Crippen molar-refractivity contribution in [1.82, 2.24) is 4.98 Å². The molecule has 1 heterocycles. The van der Waals surface area contributed by atoms with E-state index in [4.69, 9.17) is 4.98 Å². The molecule has 1 aromatic heterocycles. The molecule has 2 nitrogen and oxygen atoms in total. The van der Waals surface area contributed by atoms with E-state index in [2.05, 4.69) is 43.4 Å². The van der Waals surface area contributed by atoms with Gasteiger partial charge >= 0.3 is 0 Å². The Balaban J connectivity index is 2.70. The van der Waals surface area contributed by atoms with E-state index in [0.717, 1.165) is 30.5 Å². The molecule has 0 saturated heterocycles. The van der Waals surface area contributed by atoms with E-state index in [1.165, 1.54) is 16.6 Å². The Labute approximate surface area is 103 Å². The molecule has 0 bridgehead atoms. The molecular weight excluding hydrogens is 208 g/mol. The molecule has 2 rings (SSSR count). The SMILES string of the molecule is CCCc1cccc2c(NC)cc(CC)nc12. The van der Waals surface area contributed by atoms with Crippen molar-refractivity contribution in [2.75, 3.05) is 12.4 Å². The molecule has 0 unspecified atom stereocenters. The third-order valence-electron chi connectivity index (χ3n) is 3.13. The first kappa shape index (κ1) is 11.9. The Hall–Kier alpha value is -1.57. The van der Waals surface area contributed by atoms with Crippen molar-refractivity contribution in [2.45, 2.75) is 33.1 Å². The van der Waals surface area contributed by atoms with Crippen LogP contribution in [-0.2, 0) is 12.8 Å². The average molecular weight is 228 g/mol. The standard InChI is InChI=1S/C15H20N2/c1-4-7-11-8-6-9-13-14(16-3)10-12(5-2)17-15(11)13/h6,8-10H,4-5,7H2,1-3H3,(H,16,17). The fraction of sp³-hybridized carbons (Fsp3) is 0.400. The predicted molar refractivity (Wildman–Crippen MR) is 74.7 cm³/mol. The van der Waals surface area contributed by atoms with Crippen LogP contribution in [0.5, 0.6) is 0 Å². The molecule has 0 aliphatic rings. The fourth-order valence-electron chi connectivity index (χ4n) is 2.22. The molecule has 0 aliphatic carbocycles. The maximum absolute atomic E-state index is 4.78. The van der Waals surface area contributed by atoms with Crippen LogP contribution in [0.4, 0.5) is 5.69 Å². The third-order valence-corrected chi connectivity index (χ3v) is 3.13. The van der Waals surface area contributed by atoms with Crippen molar-refractivity contribution in [2.24, 2.45) is 0 Å². The molecule has 1 aromatic carbocycles. The van der Waals surface area contributed by atoms with E-state index in [1.54, 1.807) is 0 Å². The van der Waals surface area contributed by atoms with E-state index in [1.807, 2.05) is 7.05 Å². The van der Waals surface area contributed by atoms with Gasteiger partial charge < -0.3 is 5.32 Å². The zero-order valence-corrected chi connectivity index (χ0v) is 10.9. The number of aryl methyl sites for hydroxylation is 2. The summed E-state index contributed by atoms with van der Waals surface area (Å²) in [5.41, 5.74) is 4.87. The topological polar surface area (TPSA) is 24.9 Å². The molecule has 2 heteroatoms. The fourth-order valence-corrected chi connectivity index (χ4v) is 2.22. The first-order valence-electron chi connectivity index (χ1n) is 6.39. The highest BCUT2D eigenvalue weighted by Gasteiger charge is 2.07. The van der Waals surface area contributed by atoms with Crippen molar-refractivity contribution < 1.29 is 0 Å². The number of rotatable bonds is 4. The van der Waals surface area contributed by atoms with Gasteiger partial charge in [0, 0.05) is 23.8 Å². The molecular formula is C15H20N2. The number of pyridine rings is 1. The molecule has 0 atom stereocenters. The molecule has 17 heavy (non-hydrogen) atoms. The third kappa shape index (κ3) is 2.26. The minimum Gasteiger partial charge on any atom is -0.388 e. The molecule has 2 aromatic rings. The number of nitrogens with zero attached hydrogens (tertiary/aromatic N) is 1. The maximum Gasteiger partial charge on any atom is 0.0758 e. The Bertz CT molecular complexity index is 518. The number of hydrogen-bond donors (Lipinski definition) is 1. The van der Waals surface area contributed by atoms with Gasteiger partial charge in [-0.05, 0) is 24.5 Å². The van der Waals surface area contributed by atoms with Gasteiger partial charge in [0.25, 0.3) is 0 Å². The van der Waals surface area contributed by atoms with Crippen molar-refractivity contribution in [3.8, 4) is 0 Å². The quantitative estimate of drug-likeness (QED) is 0.861. The Kier molecular flexibility index (Phi) is 3.62. The Morgan fingerprint density at radius 3 is 2.71 bits per heavy atom. The highest BCUT2D eigenvalue weighted by molar-refractivity contribution is 5.93. The second-order valence-corrected chi connectivity index (χ2v) is 4.33. The Morgan fingerprint density at radius 1 is 1.24 bits per heavy atom. The number of nitrogens with one attached hydrogen (secondary N) is 1. The number of anilines is 1. The molecule has 0 amide bonds. The highest BCUT2D eigenvalue weighted by Crippen LogP contribution is 2.26. The smallest absolute Gasteiger partial charge is 0.0758 e. The van der Waals surface area contributed by atoms with Gasteiger partial charge in [-0.15, -0.1) is 0 Å². The molecule has 1 N–H and O–H groups in total. The summed E-state index contributed by atoms with van der Waals surface area (Å²) in [6.45, 7) is 4.36. The molecule has 0 radical (unpaired) electrons. The average Bonchev–Trinajstić information content (AvgIpc) is 2.38. The van der Waals surface area contributed by atoms with Gasteiger partial charge in [0.2, 0.25) is 0 Å². The summed E-state index contributed by atoms with van der Waals surface area (Å²) < 4.78 is 0. The van der Waals surface area contributed by atoms with Gasteiger partial charge in [-0.3, -0.25) is 4.98 Å². The summed E-state index contributed by atoms with van der Waals surface area (Å²) in [5, 5.41) is 4.51. The van der Waals surface area contributed by atoms with Crippen LogP contribution in [0.2, 0.25) is 0 Å². The van der Waals surface area contributed by atoms with Crippen LogP contribution in [0.3, 0.4) is 0 Å². The summed E-state index contributed by atoms with van der Waals surface area (Å²) in [6.07, 6.45) is 3.23. The van der Waals surface area contributed by atoms with Gasteiger partial charge in [-0.2, -0.15) is 0 Å². The minimum atomic E-state index is 0.977. The van der Waals surface area contributed by atoms with Gasteiger partial charge in [-0.25, -0.2) is 0 Å². The normalized spacial score (nSPS) is 10.8. The zero-order valence-electron chi connectivity index (χ0n) is 10.9. The number of aromatic nitrogens is 1. The second-order valence-electron chi connectivity index (χ2n) is 4.33. The van der Waals surface area contributed by atoms with Crippen LogP contribution in [0.1, 0.15) is 31.5 Å². The van der Waals surface area contributed by atoms with Crippen molar-refractivity contribution in [1.29, 1.82) is 0 Å². The summed E-state index contributed by atoms with van der Waals surface area (Å²) >= 11 is 0. The molecule has 0 aliphatic heterocycles. The predicted octanol–water partition coefficient (Wildman–Crippen LogP) is 3.79. The second kappa shape index (κ2) is 5.17. The lowest BCUT2D eigenvalue weighted by atomic mass is 10.0. The lowest BCUT2D eigenvalue weighted by Gasteiger charge is -2.11. The van der Waals surface area contributed by atoms with Gasteiger partial charge in [0.1, 0.15) is 0 Å². The monoisotopic (exact) mass is 228 g/mol. The van der Waals surface area contributed by atoms with Crippen LogP contribution < -0.4 is 5.32 Å². The van der Waals surface area contributed by atoms with Gasteiger partial charge in [0.15, 0.2) is 0 Å². The van der Waals surface area contributed by atoms with Crippen molar-refractivity contribution in [3.05, 3.63) is 35.5 Å². The van der Waals surface area contributed by atoms with Crippen LogP contribution in [-0.4, -0.2) is 12.0 Å². The minimum absolute atomic E-state index is 0.977. The van der Waals surface area contributed by atoms with E-state index in [9.17, 15) is 0 Å². The first-order chi connectivity index (χ1) is 8.30. The summed E-state index contributed by atoms with van der Waals surface area (Å²) in [5.74, 6) is 0. The van der Waals surface area contributed by atoms with Crippen molar-refractivity contribution >= 4 is 16.6 Å². The lowest BCUT2D eigenvalue weighted by Crippen LogP contribution is -1.98. The van der Waals surface area contributed by atoms with E-state index in [0.29, 0.717) is 0 Å². The molecule has 0 fully saturated rings. The number of para-hydroxylation sites is 1. The van der Waals surface area contributed by atoms with E-state index < -0.39 is 0 Å². The van der Waals surface area contributed by atoms with Crippen LogP contribution in [0.25, 0.3) is 10.9 Å². The van der Waals surface area contributed by atoms with Crippen molar-refractivity contribution in [3.63, 3.8) is 0 Å². The van der Waals surface area contributed by atoms with Crippen LogP contribution >= 0.6 is 0 Å². The lowest BCUT2D eigenvalue weighted by molar-refractivity contribution is 0.923.